The van der Waals surface area contributed by atoms with E-state index in [0.717, 1.165) is 39.7 Å². The monoisotopic (exact) mass is 431 g/mol. The minimum Gasteiger partial charge on any atom is -0.463 e. The molecule has 6 rings (SSSR count). The Hall–Kier alpha value is -4.45. The van der Waals surface area contributed by atoms with Crippen LogP contribution in [0.4, 0.5) is 5.69 Å². The third kappa shape index (κ3) is 3.61. The summed E-state index contributed by atoms with van der Waals surface area (Å²) in [7, 11) is 0. The summed E-state index contributed by atoms with van der Waals surface area (Å²) in [4.78, 5) is 4.34. The Morgan fingerprint density at radius 1 is 0.818 bits per heavy atom. The Labute approximate surface area is 191 Å². The number of anilines is 1. The molecule has 0 aliphatic carbocycles. The van der Waals surface area contributed by atoms with Gasteiger partial charge in [-0.3, -0.25) is 9.99 Å². The van der Waals surface area contributed by atoms with Crippen LogP contribution in [-0.2, 0) is 0 Å². The van der Waals surface area contributed by atoms with Crippen molar-refractivity contribution >= 4 is 11.4 Å². The molecule has 2 aromatic carbocycles. The predicted octanol–water partition coefficient (Wildman–Crippen LogP) is 5.88. The highest BCUT2D eigenvalue weighted by Gasteiger charge is 2.34. The Morgan fingerprint density at radius 2 is 1.61 bits per heavy atom. The number of para-hydroxylation sites is 2. The molecule has 4 heterocycles. The molecule has 5 aromatic rings. The first kappa shape index (κ1) is 19.3. The fraction of sp³-hybridized carbons (Fsp3) is 0.0741. The second-order valence-corrected chi connectivity index (χ2v) is 7.88. The van der Waals surface area contributed by atoms with Crippen molar-refractivity contribution in [2.24, 2.45) is 5.10 Å². The third-order valence-electron chi connectivity index (χ3n) is 5.79. The number of pyridine rings is 1. The lowest BCUT2D eigenvalue weighted by Crippen LogP contribution is -2.18. The van der Waals surface area contributed by atoms with E-state index in [1.54, 1.807) is 12.5 Å². The molecule has 1 atom stereocenters. The molecule has 0 bridgehead atoms. The van der Waals surface area contributed by atoms with Crippen molar-refractivity contribution in [1.82, 2.24) is 14.8 Å². The van der Waals surface area contributed by atoms with Crippen molar-refractivity contribution < 1.29 is 4.42 Å². The molecule has 1 unspecified atom stereocenters. The highest BCUT2D eigenvalue weighted by Crippen LogP contribution is 2.40. The molecule has 0 saturated carbocycles. The highest BCUT2D eigenvalue weighted by atomic mass is 16.3. The van der Waals surface area contributed by atoms with Crippen LogP contribution in [0.1, 0.15) is 23.8 Å². The molecule has 33 heavy (non-hydrogen) atoms. The Morgan fingerprint density at radius 3 is 2.30 bits per heavy atom. The normalized spacial score (nSPS) is 15.6. The summed E-state index contributed by atoms with van der Waals surface area (Å²) in [5.74, 6) is 0.789. The summed E-state index contributed by atoms with van der Waals surface area (Å²) >= 11 is 0. The number of benzene rings is 2. The maximum Gasteiger partial charge on any atom is 0.149 e. The number of aromatic nitrogens is 3. The van der Waals surface area contributed by atoms with Crippen LogP contribution in [0.15, 0.2) is 119 Å². The van der Waals surface area contributed by atoms with Crippen molar-refractivity contribution in [2.75, 3.05) is 5.01 Å². The highest BCUT2D eigenvalue weighted by molar-refractivity contribution is 6.01. The van der Waals surface area contributed by atoms with Gasteiger partial charge in [0.2, 0.25) is 0 Å². The predicted molar refractivity (Wildman–Crippen MR) is 128 cm³/mol. The standard InChI is InChI=1S/C27H21N5O/c1-3-10-21(11-4-1)31-19-23(27(30-31)20-9-7-15-28-18-20)25-17-24(26-14-8-16-33-26)29-32(25)22-12-5-2-6-13-22/h1-16,18-19,25H,17H2. The van der Waals surface area contributed by atoms with E-state index < -0.39 is 0 Å². The minimum atomic E-state index is -0.0415. The van der Waals surface area contributed by atoms with Crippen molar-refractivity contribution in [2.45, 2.75) is 12.5 Å². The van der Waals surface area contributed by atoms with Crippen molar-refractivity contribution in [3.05, 3.63) is 121 Å². The lowest BCUT2D eigenvalue weighted by Gasteiger charge is -2.23. The van der Waals surface area contributed by atoms with Crippen molar-refractivity contribution in [3.63, 3.8) is 0 Å². The molecule has 0 radical (unpaired) electrons. The second-order valence-electron chi connectivity index (χ2n) is 7.88. The van der Waals surface area contributed by atoms with Gasteiger partial charge < -0.3 is 4.42 Å². The van der Waals surface area contributed by atoms with E-state index in [-0.39, 0.29) is 6.04 Å². The van der Waals surface area contributed by atoms with E-state index in [1.165, 1.54) is 0 Å². The first-order chi connectivity index (χ1) is 16.4. The summed E-state index contributed by atoms with van der Waals surface area (Å²) in [6, 6.07) is 28.2. The van der Waals surface area contributed by atoms with Crippen molar-refractivity contribution in [1.29, 1.82) is 0 Å². The molecular weight excluding hydrogens is 410 g/mol. The first-order valence-electron chi connectivity index (χ1n) is 10.9. The second kappa shape index (κ2) is 8.24. The molecule has 0 saturated heterocycles. The van der Waals surface area contributed by atoms with Crippen molar-refractivity contribution in [3.8, 4) is 16.9 Å². The van der Waals surface area contributed by atoms with E-state index >= 15 is 0 Å². The van der Waals surface area contributed by atoms with Crippen LogP contribution in [0.5, 0.6) is 0 Å². The minimum absolute atomic E-state index is 0.0415. The SMILES string of the molecule is c1ccc(N2N=C(c3ccco3)CC2c2cn(-c3ccccc3)nc2-c2cccnc2)cc1. The zero-order valence-corrected chi connectivity index (χ0v) is 17.8. The van der Waals surface area contributed by atoms with Crippen LogP contribution in [0.3, 0.4) is 0 Å². The Kier molecular flexibility index (Phi) is 4.81. The quantitative estimate of drug-likeness (QED) is 0.348. The van der Waals surface area contributed by atoms with Gasteiger partial charge in [0, 0.05) is 36.1 Å². The maximum atomic E-state index is 5.69. The molecule has 0 spiro atoms. The molecule has 6 heteroatoms. The summed E-state index contributed by atoms with van der Waals surface area (Å²) < 4.78 is 7.62. The lowest BCUT2D eigenvalue weighted by molar-refractivity contribution is 0.556. The van der Waals surface area contributed by atoms with Crippen LogP contribution in [0, 0.1) is 0 Å². The molecule has 0 fully saturated rings. The molecule has 1 aliphatic rings. The summed E-state index contributed by atoms with van der Waals surface area (Å²) in [5, 5.41) is 12.0. The maximum absolute atomic E-state index is 5.69. The van der Waals surface area contributed by atoms with E-state index in [2.05, 4.69) is 40.5 Å². The molecule has 0 N–H and O–H groups in total. The van der Waals surface area contributed by atoms with Gasteiger partial charge >= 0.3 is 0 Å². The first-order valence-corrected chi connectivity index (χ1v) is 10.9. The zero-order valence-electron chi connectivity index (χ0n) is 17.8. The number of rotatable bonds is 5. The summed E-state index contributed by atoms with van der Waals surface area (Å²) in [6.45, 7) is 0. The smallest absolute Gasteiger partial charge is 0.149 e. The number of furan rings is 1. The van der Waals surface area contributed by atoms with Crippen LogP contribution < -0.4 is 5.01 Å². The van der Waals surface area contributed by atoms with Gasteiger partial charge in [0.25, 0.3) is 0 Å². The van der Waals surface area contributed by atoms with E-state index in [4.69, 9.17) is 14.6 Å². The average molecular weight is 431 g/mol. The molecule has 1 aliphatic heterocycles. The van der Waals surface area contributed by atoms with Gasteiger partial charge in [-0.25, -0.2) is 4.68 Å². The van der Waals surface area contributed by atoms with Crippen LogP contribution >= 0.6 is 0 Å². The summed E-state index contributed by atoms with van der Waals surface area (Å²) in [5.41, 5.74) is 5.90. The largest absolute Gasteiger partial charge is 0.463 e. The Bertz CT molecular complexity index is 1380. The topological polar surface area (TPSA) is 59.5 Å². The molecule has 160 valence electrons. The van der Waals surface area contributed by atoms with Gasteiger partial charge in [0.15, 0.2) is 0 Å². The van der Waals surface area contributed by atoms with Gasteiger partial charge in [-0.1, -0.05) is 36.4 Å². The molecule has 0 amide bonds. The van der Waals surface area contributed by atoms with E-state index in [0.29, 0.717) is 6.42 Å². The van der Waals surface area contributed by atoms with Gasteiger partial charge in [-0.05, 0) is 48.5 Å². The van der Waals surface area contributed by atoms with Gasteiger partial charge in [0.1, 0.15) is 11.5 Å². The van der Waals surface area contributed by atoms with E-state index in [1.807, 2.05) is 71.5 Å². The number of hydrogen-bond donors (Lipinski definition) is 0. The number of nitrogens with zero attached hydrogens (tertiary/aromatic N) is 5. The summed E-state index contributed by atoms with van der Waals surface area (Å²) in [6.07, 6.45) is 8.14. The fourth-order valence-corrected chi connectivity index (χ4v) is 4.23. The molecular formula is C27H21N5O. The van der Waals surface area contributed by atoms with Gasteiger partial charge in [-0.15, -0.1) is 0 Å². The average Bonchev–Trinajstić information content (AvgIpc) is 3.65. The van der Waals surface area contributed by atoms with Crippen LogP contribution in [0.2, 0.25) is 0 Å². The molecule has 6 nitrogen and oxygen atoms in total. The fourth-order valence-electron chi connectivity index (χ4n) is 4.23. The van der Waals surface area contributed by atoms with Gasteiger partial charge in [0.05, 0.1) is 29.4 Å². The van der Waals surface area contributed by atoms with Gasteiger partial charge in [-0.2, -0.15) is 10.2 Å². The number of hydrazone groups is 1. The lowest BCUT2D eigenvalue weighted by atomic mass is 9.98. The number of hydrogen-bond acceptors (Lipinski definition) is 5. The molecule has 3 aromatic heterocycles. The van der Waals surface area contributed by atoms with E-state index in [9.17, 15) is 0 Å². The Balaban J connectivity index is 1.50. The third-order valence-corrected chi connectivity index (χ3v) is 5.79. The zero-order chi connectivity index (χ0) is 22.0. The van der Waals surface area contributed by atoms with Crippen LogP contribution in [0.25, 0.3) is 16.9 Å². The van der Waals surface area contributed by atoms with Crippen LogP contribution in [-0.4, -0.2) is 20.5 Å².